The first-order valence-electron chi connectivity index (χ1n) is 4.95. The van der Waals surface area contributed by atoms with Crippen molar-refractivity contribution in [2.45, 2.75) is 25.9 Å². The Hall–Kier alpha value is -0.900. The van der Waals surface area contributed by atoms with E-state index in [0.29, 0.717) is 31.8 Å². The van der Waals surface area contributed by atoms with E-state index in [2.05, 4.69) is 0 Å². The van der Waals surface area contributed by atoms with Gasteiger partial charge in [-0.05, 0) is 12.8 Å². The predicted molar refractivity (Wildman–Crippen MR) is 47.6 cm³/mol. The van der Waals surface area contributed by atoms with Crippen molar-refractivity contribution in [3.05, 3.63) is 0 Å². The van der Waals surface area contributed by atoms with Crippen molar-refractivity contribution < 1.29 is 19.1 Å². The van der Waals surface area contributed by atoms with Crippen LogP contribution in [0.2, 0.25) is 0 Å². The largest absolute Gasteiger partial charge is 0.463 e. The smallest absolute Gasteiger partial charge is 0.302 e. The fraction of sp³-hybridized carbons (Fsp3) is 0.800. The summed E-state index contributed by atoms with van der Waals surface area (Å²) in [5.41, 5.74) is 0. The summed E-state index contributed by atoms with van der Waals surface area (Å²) in [5.74, 6) is -0.0679. The molecular formula is C10H14O4. The van der Waals surface area contributed by atoms with Gasteiger partial charge in [-0.3, -0.25) is 9.59 Å². The second kappa shape index (κ2) is 3.69. The minimum absolute atomic E-state index is 0.0492. The molecule has 2 rings (SSSR count). The number of esters is 1. The van der Waals surface area contributed by atoms with Crippen LogP contribution in [0.1, 0.15) is 19.8 Å². The van der Waals surface area contributed by atoms with Crippen LogP contribution in [0.5, 0.6) is 0 Å². The summed E-state index contributed by atoms with van der Waals surface area (Å²) in [7, 11) is 0. The Morgan fingerprint density at radius 2 is 1.93 bits per heavy atom. The molecule has 0 spiro atoms. The Labute approximate surface area is 82.6 Å². The van der Waals surface area contributed by atoms with Crippen molar-refractivity contribution in [3.63, 3.8) is 0 Å². The van der Waals surface area contributed by atoms with Gasteiger partial charge in [-0.15, -0.1) is 0 Å². The average Bonchev–Trinajstić information content (AvgIpc) is 2.05. The van der Waals surface area contributed by atoms with Gasteiger partial charge >= 0.3 is 5.97 Å². The molecule has 1 saturated carbocycles. The van der Waals surface area contributed by atoms with Crippen LogP contribution < -0.4 is 0 Å². The Morgan fingerprint density at radius 1 is 1.36 bits per heavy atom. The van der Waals surface area contributed by atoms with E-state index in [1.54, 1.807) is 0 Å². The van der Waals surface area contributed by atoms with Crippen LogP contribution in [0.15, 0.2) is 0 Å². The zero-order valence-corrected chi connectivity index (χ0v) is 8.19. The summed E-state index contributed by atoms with van der Waals surface area (Å²) >= 11 is 0. The second-order valence-corrected chi connectivity index (χ2v) is 4.04. The lowest BCUT2D eigenvalue weighted by molar-refractivity contribution is -0.160. The van der Waals surface area contributed by atoms with Crippen molar-refractivity contribution in [1.29, 1.82) is 0 Å². The van der Waals surface area contributed by atoms with Crippen molar-refractivity contribution in [2.24, 2.45) is 11.8 Å². The van der Waals surface area contributed by atoms with Crippen molar-refractivity contribution in [1.82, 2.24) is 0 Å². The molecule has 2 bridgehead atoms. The van der Waals surface area contributed by atoms with Crippen LogP contribution in [0.3, 0.4) is 0 Å². The van der Waals surface area contributed by atoms with E-state index in [9.17, 15) is 9.59 Å². The van der Waals surface area contributed by atoms with Gasteiger partial charge in [0.05, 0.1) is 13.2 Å². The SMILES string of the molecule is CC(=O)OC1CC2COCC(C1)C2=O. The van der Waals surface area contributed by atoms with Crippen molar-refractivity contribution in [2.75, 3.05) is 13.2 Å². The molecule has 2 unspecified atom stereocenters. The van der Waals surface area contributed by atoms with Gasteiger partial charge in [0.2, 0.25) is 0 Å². The minimum atomic E-state index is -0.261. The molecule has 0 aromatic heterocycles. The van der Waals surface area contributed by atoms with E-state index in [0.717, 1.165) is 0 Å². The molecule has 0 N–H and O–H groups in total. The van der Waals surface area contributed by atoms with Gasteiger partial charge in [-0.25, -0.2) is 0 Å². The number of Topliss-reactive ketones (excluding diaryl/α,β-unsaturated/α-hetero) is 1. The molecule has 78 valence electrons. The van der Waals surface area contributed by atoms with E-state index in [1.165, 1.54) is 6.92 Å². The number of rotatable bonds is 1. The first kappa shape index (κ1) is 9.65. The molecule has 14 heavy (non-hydrogen) atoms. The highest BCUT2D eigenvalue weighted by atomic mass is 16.5. The molecule has 1 aliphatic heterocycles. The van der Waals surface area contributed by atoms with E-state index in [-0.39, 0.29) is 23.9 Å². The van der Waals surface area contributed by atoms with E-state index in [4.69, 9.17) is 9.47 Å². The zero-order valence-electron chi connectivity index (χ0n) is 8.19. The molecule has 1 aliphatic carbocycles. The molecular weight excluding hydrogens is 184 g/mol. The summed E-state index contributed by atoms with van der Waals surface area (Å²) in [6, 6.07) is 0. The number of fused-ring (bicyclic) bond motifs is 2. The Morgan fingerprint density at radius 3 is 2.43 bits per heavy atom. The van der Waals surface area contributed by atoms with Crippen LogP contribution in [-0.4, -0.2) is 31.1 Å². The van der Waals surface area contributed by atoms with Gasteiger partial charge in [0, 0.05) is 18.8 Å². The minimum Gasteiger partial charge on any atom is -0.463 e. The molecule has 2 atom stereocenters. The maximum atomic E-state index is 11.6. The fourth-order valence-electron chi connectivity index (χ4n) is 2.28. The summed E-state index contributed by atoms with van der Waals surface area (Å²) in [4.78, 5) is 22.4. The van der Waals surface area contributed by atoms with Crippen LogP contribution in [0.4, 0.5) is 0 Å². The number of hydrogen-bond acceptors (Lipinski definition) is 4. The third-order valence-electron chi connectivity index (χ3n) is 2.87. The van der Waals surface area contributed by atoms with Gasteiger partial charge < -0.3 is 9.47 Å². The number of hydrogen-bond donors (Lipinski definition) is 0. The standard InChI is InChI=1S/C10H14O4/c1-6(11)14-9-2-7-4-13-5-8(3-9)10(7)12/h7-9H,2-5H2,1H3. The molecule has 0 radical (unpaired) electrons. The van der Waals surface area contributed by atoms with Crippen LogP contribution in [-0.2, 0) is 19.1 Å². The first-order chi connectivity index (χ1) is 6.66. The molecule has 4 heteroatoms. The van der Waals surface area contributed by atoms with Gasteiger partial charge in [-0.2, -0.15) is 0 Å². The lowest BCUT2D eigenvalue weighted by atomic mass is 9.77. The van der Waals surface area contributed by atoms with Crippen LogP contribution in [0.25, 0.3) is 0 Å². The monoisotopic (exact) mass is 198 g/mol. The molecule has 1 saturated heterocycles. The van der Waals surface area contributed by atoms with Crippen molar-refractivity contribution in [3.8, 4) is 0 Å². The number of ketones is 1. The fourth-order valence-corrected chi connectivity index (χ4v) is 2.28. The molecule has 0 amide bonds. The van der Waals surface area contributed by atoms with E-state index >= 15 is 0 Å². The predicted octanol–water partition coefficient (Wildman–Crippen LogP) is 0.544. The third-order valence-corrected chi connectivity index (χ3v) is 2.87. The maximum absolute atomic E-state index is 11.6. The highest BCUT2D eigenvalue weighted by Gasteiger charge is 2.40. The Kier molecular flexibility index (Phi) is 2.54. The van der Waals surface area contributed by atoms with Crippen molar-refractivity contribution >= 4 is 11.8 Å². The van der Waals surface area contributed by atoms with Gasteiger partial charge in [-0.1, -0.05) is 0 Å². The normalized spacial score (nSPS) is 36.6. The Bertz CT molecular complexity index is 245. The summed E-state index contributed by atoms with van der Waals surface area (Å²) in [5, 5.41) is 0. The van der Waals surface area contributed by atoms with Gasteiger partial charge in [0.1, 0.15) is 11.9 Å². The third kappa shape index (κ3) is 1.80. The lowest BCUT2D eigenvalue weighted by Crippen LogP contribution is -2.45. The number of carbonyl (C=O) groups is 2. The zero-order chi connectivity index (χ0) is 10.1. The average molecular weight is 198 g/mol. The van der Waals surface area contributed by atoms with Gasteiger partial charge in [0.15, 0.2) is 0 Å². The molecule has 4 nitrogen and oxygen atoms in total. The Balaban J connectivity index is 2.00. The molecule has 2 aliphatic rings. The van der Waals surface area contributed by atoms with Crippen LogP contribution >= 0.6 is 0 Å². The topological polar surface area (TPSA) is 52.6 Å². The highest BCUT2D eigenvalue weighted by molar-refractivity contribution is 5.85. The van der Waals surface area contributed by atoms with Crippen LogP contribution in [0, 0.1) is 11.8 Å². The summed E-state index contributed by atoms with van der Waals surface area (Å²) in [6.07, 6.45) is 1.19. The van der Waals surface area contributed by atoms with E-state index < -0.39 is 0 Å². The number of ether oxygens (including phenoxy) is 2. The molecule has 1 heterocycles. The second-order valence-electron chi connectivity index (χ2n) is 4.04. The summed E-state index contributed by atoms with van der Waals surface area (Å²) < 4.78 is 10.4. The molecule has 2 fully saturated rings. The lowest BCUT2D eigenvalue weighted by Gasteiger charge is -2.36. The molecule has 0 aromatic carbocycles. The number of carbonyl (C=O) groups excluding carboxylic acids is 2. The van der Waals surface area contributed by atoms with Gasteiger partial charge in [0.25, 0.3) is 0 Å². The first-order valence-corrected chi connectivity index (χ1v) is 4.95. The summed E-state index contributed by atoms with van der Waals surface area (Å²) in [6.45, 7) is 2.39. The highest BCUT2D eigenvalue weighted by Crippen LogP contribution is 2.32. The van der Waals surface area contributed by atoms with E-state index in [1.807, 2.05) is 0 Å². The molecule has 0 aromatic rings. The maximum Gasteiger partial charge on any atom is 0.302 e. The quantitative estimate of drug-likeness (QED) is 0.577.